The molecule has 21 heavy (non-hydrogen) atoms. The Labute approximate surface area is 125 Å². The molecule has 2 N–H and O–H groups in total. The summed E-state index contributed by atoms with van der Waals surface area (Å²) in [5, 5.41) is 0. The van der Waals surface area contributed by atoms with Gasteiger partial charge in [0.25, 0.3) is 0 Å². The minimum atomic E-state index is -0.283. The first-order valence-electron chi connectivity index (χ1n) is 7.76. The van der Waals surface area contributed by atoms with Gasteiger partial charge in [-0.25, -0.2) is 4.98 Å². The van der Waals surface area contributed by atoms with Crippen molar-refractivity contribution in [2.24, 2.45) is 11.1 Å². The smallest absolute Gasteiger partial charge is 0.230 e. The zero-order chi connectivity index (χ0) is 14.7. The highest BCUT2D eigenvalue weighted by Gasteiger charge is 2.42. The number of hydrogen-bond acceptors (Lipinski definition) is 5. The Morgan fingerprint density at radius 3 is 2.48 bits per heavy atom. The fraction of sp³-hybridized carbons (Fsp3) is 0.667. The van der Waals surface area contributed by atoms with Gasteiger partial charge in [-0.05, 0) is 12.8 Å². The molecule has 2 fully saturated rings. The molecule has 2 heterocycles. The van der Waals surface area contributed by atoms with Crippen molar-refractivity contribution in [2.45, 2.75) is 25.7 Å². The number of hydrogen-bond donors (Lipinski definition) is 1. The standard InChI is InChI=1S/C15H23N5O/c16-12-15(3-1-2-4-15)14(21)20-9-7-19(8-10-20)13-11-17-5-6-18-13/h5-6,11H,1-4,7-10,12,16H2. The maximum absolute atomic E-state index is 12.8. The maximum atomic E-state index is 12.8. The van der Waals surface area contributed by atoms with Gasteiger partial charge in [-0.2, -0.15) is 0 Å². The Kier molecular flexibility index (Phi) is 4.05. The van der Waals surface area contributed by atoms with E-state index in [-0.39, 0.29) is 11.3 Å². The third-order valence-electron chi connectivity index (χ3n) is 4.85. The first-order valence-corrected chi connectivity index (χ1v) is 7.76. The average Bonchev–Trinajstić information content (AvgIpc) is 3.05. The normalized spacial score (nSPS) is 21.6. The van der Waals surface area contributed by atoms with Crippen molar-refractivity contribution in [3.8, 4) is 0 Å². The van der Waals surface area contributed by atoms with Gasteiger partial charge in [0.2, 0.25) is 5.91 Å². The van der Waals surface area contributed by atoms with Crippen LogP contribution in [-0.2, 0) is 4.79 Å². The predicted octanol–water partition coefficient (Wildman–Crippen LogP) is 0.644. The number of nitrogens with zero attached hydrogens (tertiary/aromatic N) is 4. The molecule has 1 aromatic rings. The summed E-state index contributed by atoms with van der Waals surface area (Å²) in [6.45, 7) is 3.60. The topological polar surface area (TPSA) is 75.4 Å². The van der Waals surface area contributed by atoms with Crippen LogP contribution in [-0.4, -0.2) is 53.5 Å². The van der Waals surface area contributed by atoms with Crippen LogP contribution in [0.1, 0.15) is 25.7 Å². The van der Waals surface area contributed by atoms with Crippen LogP contribution in [0.4, 0.5) is 5.82 Å². The molecule has 2 aliphatic rings. The van der Waals surface area contributed by atoms with Crippen molar-refractivity contribution in [3.63, 3.8) is 0 Å². The molecule has 1 aromatic heterocycles. The number of rotatable bonds is 3. The second-order valence-electron chi connectivity index (χ2n) is 6.03. The molecule has 6 nitrogen and oxygen atoms in total. The first-order chi connectivity index (χ1) is 10.2. The van der Waals surface area contributed by atoms with E-state index in [4.69, 9.17) is 5.73 Å². The number of aromatic nitrogens is 2. The SMILES string of the molecule is NCC1(C(=O)N2CCN(c3cnccn3)CC2)CCCC1. The van der Waals surface area contributed by atoms with E-state index in [1.54, 1.807) is 18.6 Å². The van der Waals surface area contributed by atoms with Gasteiger partial charge >= 0.3 is 0 Å². The predicted molar refractivity (Wildman–Crippen MR) is 80.8 cm³/mol. The lowest BCUT2D eigenvalue weighted by atomic mass is 9.84. The van der Waals surface area contributed by atoms with Crippen LogP contribution >= 0.6 is 0 Å². The average molecular weight is 289 g/mol. The second-order valence-corrected chi connectivity index (χ2v) is 6.03. The number of amides is 1. The summed E-state index contributed by atoms with van der Waals surface area (Å²) in [5.41, 5.74) is 5.64. The minimum Gasteiger partial charge on any atom is -0.352 e. The molecular weight excluding hydrogens is 266 g/mol. The van der Waals surface area contributed by atoms with Crippen LogP contribution in [0.25, 0.3) is 0 Å². The van der Waals surface area contributed by atoms with E-state index in [1.807, 2.05) is 4.90 Å². The largest absolute Gasteiger partial charge is 0.352 e. The number of piperazine rings is 1. The summed E-state index contributed by atoms with van der Waals surface area (Å²) >= 11 is 0. The summed E-state index contributed by atoms with van der Waals surface area (Å²) < 4.78 is 0. The van der Waals surface area contributed by atoms with E-state index in [1.165, 1.54) is 0 Å². The Balaban J connectivity index is 1.62. The molecule has 0 bridgehead atoms. The molecule has 6 heteroatoms. The summed E-state index contributed by atoms with van der Waals surface area (Å²) in [7, 11) is 0. The Morgan fingerprint density at radius 2 is 1.90 bits per heavy atom. The second kappa shape index (κ2) is 5.97. The third kappa shape index (κ3) is 2.72. The highest BCUT2D eigenvalue weighted by Crippen LogP contribution is 2.39. The van der Waals surface area contributed by atoms with Crippen molar-refractivity contribution in [2.75, 3.05) is 37.6 Å². The van der Waals surface area contributed by atoms with Crippen LogP contribution in [0, 0.1) is 5.41 Å². The molecule has 1 saturated heterocycles. The van der Waals surface area contributed by atoms with E-state index >= 15 is 0 Å². The Bertz CT molecular complexity index is 478. The molecule has 0 atom stereocenters. The molecule has 0 aromatic carbocycles. The van der Waals surface area contributed by atoms with Crippen molar-refractivity contribution in [1.29, 1.82) is 0 Å². The lowest BCUT2D eigenvalue weighted by Gasteiger charge is -2.39. The molecule has 1 amide bonds. The molecule has 1 saturated carbocycles. The molecule has 1 aliphatic carbocycles. The van der Waals surface area contributed by atoms with E-state index in [9.17, 15) is 4.79 Å². The van der Waals surface area contributed by atoms with Gasteiger partial charge < -0.3 is 15.5 Å². The lowest BCUT2D eigenvalue weighted by Crippen LogP contribution is -2.54. The molecule has 0 spiro atoms. The maximum Gasteiger partial charge on any atom is 0.230 e. The minimum absolute atomic E-state index is 0.265. The van der Waals surface area contributed by atoms with Crippen molar-refractivity contribution < 1.29 is 4.79 Å². The summed E-state index contributed by atoms with van der Waals surface area (Å²) in [4.78, 5) is 25.4. The van der Waals surface area contributed by atoms with Gasteiger partial charge in [0.1, 0.15) is 5.82 Å². The molecule has 0 radical (unpaired) electrons. The fourth-order valence-electron chi connectivity index (χ4n) is 3.49. The van der Waals surface area contributed by atoms with Crippen molar-refractivity contribution in [1.82, 2.24) is 14.9 Å². The molecule has 0 unspecified atom stereocenters. The first kappa shape index (κ1) is 14.3. The van der Waals surface area contributed by atoms with E-state index < -0.39 is 0 Å². The third-order valence-corrected chi connectivity index (χ3v) is 4.85. The zero-order valence-corrected chi connectivity index (χ0v) is 12.4. The van der Waals surface area contributed by atoms with Crippen molar-refractivity contribution >= 4 is 11.7 Å². The molecule has 114 valence electrons. The molecule has 1 aliphatic heterocycles. The van der Waals surface area contributed by atoms with Crippen LogP contribution in [0.5, 0.6) is 0 Å². The lowest BCUT2D eigenvalue weighted by molar-refractivity contribution is -0.141. The van der Waals surface area contributed by atoms with Crippen LogP contribution in [0.3, 0.4) is 0 Å². The van der Waals surface area contributed by atoms with E-state index in [2.05, 4.69) is 14.9 Å². The van der Waals surface area contributed by atoms with Gasteiger partial charge in [-0.15, -0.1) is 0 Å². The summed E-state index contributed by atoms with van der Waals surface area (Å²) in [6.07, 6.45) is 9.31. The quantitative estimate of drug-likeness (QED) is 0.884. The van der Waals surface area contributed by atoms with E-state index in [0.717, 1.165) is 57.7 Å². The molecule has 3 rings (SSSR count). The Morgan fingerprint density at radius 1 is 1.19 bits per heavy atom. The van der Waals surface area contributed by atoms with Crippen LogP contribution in [0.15, 0.2) is 18.6 Å². The highest BCUT2D eigenvalue weighted by molar-refractivity contribution is 5.83. The van der Waals surface area contributed by atoms with Gasteiger partial charge in [0.05, 0.1) is 11.6 Å². The Hall–Kier alpha value is -1.69. The number of carbonyl (C=O) groups excluding carboxylic acids is 1. The summed E-state index contributed by atoms with van der Waals surface area (Å²) in [5.74, 6) is 1.15. The highest BCUT2D eigenvalue weighted by atomic mass is 16.2. The van der Waals surface area contributed by atoms with Gasteiger partial charge in [-0.3, -0.25) is 9.78 Å². The molecular formula is C15H23N5O. The monoisotopic (exact) mass is 289 g/mol. The number of carbonyl (C=O) groups is 1. The number of nitrogens with two attached hydrogens (primary N) is 1. The van der Waals surface area contributed by atoms with E-state index in [0.29, 0.717) is 6.54 Å². The van der Waals surface area contributed by atoms with Crippen molar-refractivity contribution in [3.05, 3.63) is 18.6 Å². The zero-order valence-electron chi connectivity index (χ0n) is 12.4. The van der Waals surface area contributed by atoms with Gasteiger partial charge in [0, 0.05) is 45.1 Å². The fourth-order valence-corrected chi connectivity index (χ4v) is 3.49. The van der Waals surface area contributed by atoms with Gasteiger partial charge in [-0.1, -0.05) is 12.8 Å². The van der Waals surface area contributed by atoms with Crippen LogP contribution in [0.2, 0.25) is 0 Å². The summed E-state index contributed by atoms with van der Waals surface area (Å²) in [6, 6.07) is 0. The van der Waals surface area contributed by atoms with Crippen LogP contribution < -0.4 is 10.6 Å². The number of anilines is 1. The van der Waals surface area contributed by atoms with Gasteiger partial charge in [0.15, 0.2) is 0 Å².